The summed E-state index contributed by atoms with van der Waals surface area (Å²) in [6, 6.07) is 2.12. The van der Waals surface area contributed by atoms with Gasteiger partial charge in [-0.25, -0.2) is 4.68 Å². The largest absolute Gasteiger partial charge is 0.249 e. The Morgan fingerprint density at radius 3 is 2.73 bits per heavy atom. The quantitative estimate of drug-likeness (QED) is 0.670. The van der Waals surface area contributed by atoms with Gasteiger partial charge in [-0.1, -0.05) is 31.9 Å². The number of aryl methyl sites for hydroxylation is 1. The van der Waals surface area contributed by atoms with E-state index in [-0.39, 0.29) is 0 Å². The normalized spacial score (nSPS) is 10.2. The second-order valence-corrected chi connectivity index (χ2v) is 3.60. The van der Waals surface area contributed by atoms with Crippen molar-refractivity contribution in [1.82, 2.24) is 15.0 Å². The van der Waals surface area contributed by atoms with Crippen LogP contribution in [0, 0.1) is 11.3 Å². The number of aromatic nitrogens is 3. The maximum absolute atomic E-state index is 8.64. The van der Waals surface area contributed by atoms with Crippen LogP contribution < -0.4 is 0 Å². The van der Waals surface area contributed by atoms with Gasteiger partial charge in [-0.15, -0.1) is 5.10 Å². The Labute approximate surface area is 90.9 Å². The van der Waals surface area contributed by atoms with E-state index >= 15 is 0 Å². The van der Waals surface area contributed by atoms with Crippen molar-refractivity contribution in [2.45, 2.75) is 52.5 Å². The molecule has 0 radical (unpaired) electrons. The van der Waals surface area contributed by atoms with Gasteiger partial charge in [0.2, 0.25) is 0 Å². The number of nitriles is 1. The van der Waals surface area contributed by atoms with Gasteiger partial charge >= 0.3 is 0 Å². The highest BCUT2D eigenvalue weighted by Crippen LogP contribution is 2.08. The molecule has 1 rings (SSSR count). The molecule has 0 aromatic carbocycles. The average Bonchev–Trinajstić information content (AvgIpc) is 2.62. The molecular weight excluding hydrogens is 188 g/mol. The molecule has 0 bridgehead atoms. The number of hydrogen-bond acceptors (Lipinski definition) is 3. The lowest BCUT2D eigenvalue weighted by Gasteiger charge is -2.04. The molecule has 0 fully saturated rings. The molecule has 0 unspecified atom stereocenters. The molecule has 0 saturated carbocycles. The molecule has 0 aliphatic carbocycles. The van der Waals surface area contributed by atoms with Crippen LogP contribution in [0.15, 0.2) is 0 Å². The maximum Gasteiger partial charge on any atom is 0.0999 e. The third kappa shape index (κ3) is 3.05. The monoisotopic (exact) mass is 206 g/mol. The highest BCUT2D eigenvalue weighted by Gasteiger charge is 2.09. The van der Waals surface area contributed by atoms with E-state index in [1.165, 1.54) is 12.8 Å². The van der Waals surface area contributed by atoms with Gasteiger partial charge in [-0.05, 0) is 12.8 Å². The Hall–Kier alpha value is -1.37. The van der Waals surface area contributed by atoms with E-state index in [4.69, 9.17) is 5.26 Å². The zero-order valence-electron chi connectivity index (χ0n) is 9.53. The molecule has 82 valence electrons. The molecule has 0 spiro atoms. The summed E-state index contributed by atoms with van der Waals surface area (Å²) in [5.41, 5.74) is 1.96. The predicted molar refractivity (Wildman–Crippen MR) is 58.2 cm³/mol. The van der Waals surface area contributed by atoms with E-state index in [1.807, 2.05) is 4.68 Å². The van der Waals surface area contributed by atoms with Crippen molar-refractivity contribution >= 4 is 0 Å². The lowest BCUT2D eigenvalue weighted by Crippen LogP contribution is -2.05. The van der Waals surface area contributed by atoms with Gasteiger partial charge in [0, 0.05) is 6.54 Å². The Kier molecular flexibility index (Phi) is 4.82. The predicted octanol–water partition coefficient (Wildman–Crippen LogP) is 2.10. The minimum Gasteiger partial charge on any atom is -0.249 e. The standard InChI is InChI=1S/C11H18N4/c1-3-5-6-9-15-11(4-2)10(7-8-12)13-14-15/h3-7,9H2,1-2H3. The Bertz CT molecular complexity index is 335. The Morgan fingerprint density at radius 2 is 2.13 bits per heavy atom. The third-order valence-electron chi connectivity index (χ3n) is 2.47. The van der Waals surface area contributed by atoms with Gasteiger partial charge < -0.3 is 0 Å². The average molecular weight is 206 g/mol. The molecule has 15 heavy (non-hydrogen) atoms. The molecule has 1 heterocycles. The van der Waals surface area contributed by atoms with Crippen molar-refractivity contribution in [3.8, 4) is 6.07 Å². The minimum atomic E-state index is 0.372. The molecule has 0 saturated heterocycles. The van der Waals surface area contributed by atoms with Crippen molar-refractivity contribution in [2.24, 2.45) is 0 Å². The number of rotatable bonds is 6. The second-order valence-electron chi connectivity index (χ2n) is 3.60. The molecule has 0 N–H and O–H groups in total. The molecule has 4 nitrogen and oxygen atoms in total. The van der Waals surface area contributed by atoms with Crippen LogP contribution in [0.1, 0.15) is 44.5 Å². The molecular formula is C11H18N4. The van der Waals surface area contributed by atoms with E-state index in [9.17, 15) is 0 Å². The lowest BCUT2D eigenvalue weighted by atomic mass is 10.2. The summed E-state index contributed by atoms with van der Waals surface area (Å²) in [5, 5.41) is 16.8. The highest BCUT2D eigenvalue weighted by atomic mass is 15.4. The van der Waals surface area contributed by atoms with Gasteiger partial charge in [0.05, 0.1) is 23.9 Å². The molecule has 4 heteroatoms. The summed E-state index contributed by atoms with van der Waals surface area (Å²) in [5.74, 6) is 0. The van der Waals surface area contributed by atoms with Crippen molar-refractivity contribution in [1.29, 1.82) is 5.26 Å². The van der Waals surface area contributed by atoms with E-state index in [1.54, 1.807) is 0 Å². The van der Waals surface area contributed by atoms with Crippen LogP contribution in [-0.4, -0.2) is 15.0 Å². The van der Waals surface area contributed by atoms with E-state index in [2.05, 4.69) is 30.2 Å². The third-order valence-corrected chi connectivity index (χ3v) is 2.47. The van der Waals surface area contributed by atoms with Crippen molar-refractivity contribution in [3.63, 3.8) is 0 Å². The van der Waals surface area contributed by atoms with Crippen molar-refractivity contribution in [2.75, 3.05) is 0 Å². The Morgan fingerprint density at radius 1 is 1.33 bits per heavy atom. The van der Waals surface area contributed by atoms with Gasteiger partial charge in [-0.3, -0.25) is 0 Å². The van der Waals surface area contributed by atoms with Crippen LogP contribution >= 0.6 is 0 Å². The SMILES string of the molecule is CCCCCn1nnc(CC#N)c1CC. The molecule has 1 aromatic rings. The molecule has 0 aliphatic heterocycles. The van der Waals surface area contributed by atoms with Crippen LogP contribution in [-0.2, 0) is 19.4 Å². The summed E-state index contributed by atoms with van der Waals surface area (Å²) >= 11 is 0. The smallest absolute Gasteiger partial charge is 0.0999 e. The number of hydrogen-bond donors (Lipinski definition) is 0. The van der Waals surface area contributed by atoms with E-state index in [0.717, 1.165) is 30.8 Å². The topological polar surface area (TPSA) is 54.5 Å². The van der Waals surface area contributed by atoms with Crippen molar-refractivity contribution in [3.05, 3.63) is 11.4 Å². The van der Waals surface area contributed by atoms with Crippen LogP contribution in [0.4, 0.5) is 0 Å². The summed E-state index contributed by atoms with van der Waals surface area (Å²) in [7, 11) is 0. The zero-order valence-corrected chi connectivity index (χ0v) is 9.53. The summed E-state index contributed by atoms with van der Waals surface area (Å²) in [6.07, 6.45) is 4.84. The van der Waals surface area contributed by atoms with Gasteiger partial charge in [0.1, 0.15) is 0 Å². The molecule has 0 amide bonds. The minimum absolute atomic E-state index is 0.372. The fourth-order valence-corrected chi connectivity index (χ4v) is 1.66. The summed E-state index contributed by atoms with van der Waals surface area (Å²) in [4.78, 5) is 0. The maximum atomic E-state index is 8.64. The first-order chi connectivity index (χ1) is 7.33. The van der Waals surface area contributed by atoms with Gasteiger partial charge in [0.25, 0.3) is 0 Å². The van der Waals surface area contributed by atoms with Crippen LogP contribution in [0.25, 0.3) is 0 Å². The van der Waals surface area contributed by atoms with Crippen molar-refractivity contribution < 1.29 is 0 Å². The van der Waals surface area contributed by atoms with Gasteiger partial charge in [0.15, 0.2) is 0 Å². The first kappa shape index (κ1) is 11.7. The lowest BCUT2D eigenvalue weighted by molar-refractivity contribution is 0.521. The zero-order chi connectivity index (χ0) is 11.1. The second kappa shape index (κ2) is 6.18. The Balaban J connectivity index is 2.67. The summed E-state index contributed by atoms with van der Waals surface area (Å²) in [6.45, 7) is 5.19. The number of unbranched alkanes of at least 4 members (excludes halogenated alkanes) is 2. The van der Waals surface area contributed by atoms with Crippen LogP contribution in [0.5, 0.6) is 0 Å². The fraction of sp³-hybridized carbons (Fsp3) is 0.727. The fourth-order valence-electron chi connectivity index (χ4n) is 1.66. The van der Waals surface area contributed by atoms with Crippen LogP contribution in [0.2, 0.25) is 0 Å². The van der Waals surface area contributed by atoms with Gasteiger partial charge in [-0.2, -0.15) is 5.26 Å². The first-order valence-corrected chi connectivity index (χ1v) is 5.61. The van der Waals surface area contributed by atoms with E-state index < -0.39 is 0 Å². The molecule has 1 aromatic heterocycles. The van der Waals surface area contributed by atoms with Crippen LogP contribution in [0.3, 0.4) is 0 Å². The van der Waals surface area contributed by atoms with E-state index in [0.29, 0.717) is 6.42 Å². The summed E-state index contributed by atoms with van der Waals surface area (Å²) < 4.78 is 1.95. The molecule has 0 atom stereocenters. The molecule has 0 aliphatic rings. The highest BCUT2D eigenvalue weighted by molar-refractivity contribution is 5.13. The first-order valence-electron chi connectivity index (χ1n) is 5.61. The number of nitrogens with zero attached hydrogens (tertiary/aromatic N) is 4.